The maximum atomic E-state index is 11.9. The molecule has 7 heteroatoms. The Morgan fingerprint density at radius 1 is 1.16 bits per heavy atom. The molecule has 1 atom stereocenters. The maximum Gasteiger partial charge on any atom is 0.341 e. The number of aldehydes is 1. The summed E-state index contributed by atoms with van der Waals surface area (Å²) in [6, 6.07) is 10.1. The molecule has 1 N–H and O–H groups in total. The number of rotatable bonds is 9. The first-order chi connectivity index (χ1) is 12.1. The predicted molar refractivity (Wildman–Crippen MR) is 88.6 cm³/mol. The third-order valence-corrected chi connectivity index (χ3v) is 3.77. The van der Waals surface area contributed by atoms with Gasteiger partial charge in [0.15, 0.2) is 5.60 Å². The summed E-state index contributed by atoms with van der Waals surface area (Å²) in [7, 11) is 3.01. The van der Waals surface area contributed by atoms with Crippen LogP contribution < -0.4 is 9.47 Å². The largest absolute Gasteiger partial charge is 0.497 e. The van der Waals surface area contributed by atoms with Crippen LogP contribution in [0.3, 0.4) is 0 Å². The molecule has 0 spiro atoms. The zero-order valence-electron chi connectivity index (χ0n) is 14.0. The lowest BCUT2D eigenvalue weighted by atomic mass is 9.92. The SMILES string of the molecule is COc1ccc(COC(CC=O)(C(=O)O)c2ccc(OC)nc2)cc1. The normalized spacial score (nSPS) is 12.9. The second kappa shape index (κ2) is 8.25. The number of hydrogen-bond donors (Lipinski definition) is 1. The van der Waals surface area contributed by atoms with Crippen LogP contribution >= 0.6 is 0 Å². The number of benzene rings is 1. The highest BCUT2D eigenvalue weighted by Gasteiger charge is 2.42. The van der Waals surface area contributed by atoms with Gasteiger partial charge in [-0.25, -0.2) is 9.78 Å². The molecule has 25 heavy (non-hydrogen) atoms. The van der Waals surface area contributed by atoms with Gasteiger partial charge in [0.2, 0.25) is 5.88 Å². The van der Waals surface area contributed by atoms with Crippen molar-refractivity contribution in [1.29, 1.82) is 0 Å². The first-order valence-electron chi connectivity index (χ1n) is 7.50. The molecule has 1 aromatic carbocycles. The van der Waals surface area contributed by atoms with E-state index in [9.17, 15) is 14.7 Å². The van der Waals surface area contributed by atoms with Crippen LogP contribution in [-0.4, -0.2) is 36.6 Å². The molecule has 1 heterocycles. The van der Waals surface area contributed by atoms with Gasteiger partial charge in [0.05, 0.1) is 20.8 Å². The molecule has 0 aliphatic carbocycles. The Labute approximate surface area is 145 Å². The van der Waals surface area contributed by atoms with Crippen molar-refractivity contribution in [3.8, 4) is 11.6 Å². The lowest BCUT2D eigenvalue weighted by molar-refractivity contribution is -0.172. The fraction of sp³-hybridized carbons (Fsp3) is 0.278. The second-order valence-electron chi connectivity index (χ2n) is 5.23. The number of carboxylic acid groups (broad SMARTS) is 1. The van der Waals surface area contributed by atoms with E-state index in [1.54, 1.807) is 31.4 Å². The minimum Gasteiger partial charge on any atom is -0.497 e. The van der Waals surface area contributed by atoms with Gasteiger partial charge in [-0.05, 0) is 23.8 Å². The Morgan fingerprint density at radius 2 is 1.88 bits per heavy atom. The van der Waals surface area contributed by atoms with Crippen LogP contribution in [0.2, 0.25) is 0 Å². The summed E-state index contributed by atoms with van der Waals surface area (Å²) < 4.78 is 15.8. The molecule has 0 amide bonds. The van der Waals surface area contributed by atoms with Gasteiger partial charge in [-0.2, -0.15) is 0 Å². The van der Waals surface area contributed by atoms with Crippen LogP contribution in [-0.2, 0) is 26.5 Å². The fourth-order valence-electron chi connectivity index (χ4n) is 2.32. The average Bonchev–Trinajstić information content (AvgIpc) is 2.65. The Bertz CT molecular complexity index is 713. The molecule has 2 aromatic rings. The van der Waals surface area contributed by atoms with Crippen molar-refractivity contribution in [2.24, 2.45) is 0 Å². The van der Waals surface area contributed by atoms with Crippen molar-refractivity contribution in [1.82, 2.24) is 4.98 Å². The van der Waals surface area contributed by atoms with Gasteiger partial charge < -0.3 is 24.1 Å². The topological polar surface area (TPSA) is 95.0 Å². The van der Waals surface area contributed by atoms with E-state index in [1.807, 2.05) is 0 Å². The number of carboxylic acids is 1. The second-order valence-corrected chi connectivity index (χ2v) is 5.23. The van der Waals surface area contributed by atoms with E-state index in [-0.39, 0.29) is 18.6 Å². The molecule has 0 radical (unpaired) electrons. The summed E-state index contributed by atoms with van der Waals surface area (Å²) in [6.45, 7) is 0.0101. The highest BCUT2D eigenvalue weighted by molar-refractivity contribution is 5.82. The van der Waals surface area contributed by atoms with Gasteiger partial charge in [0, 0.05) is 24.2 Å². The fourth-order valence-corrected chi connectivity index (χ4v) is 2.32. The van der Waals surface area contributed by atoms with Gasteiger partial charge >= 0.3 is 5.97 Å². The zero-order chi connectivity index (χ0) is 18.3. The summed E-state index contributed by atoms with van der Waals surface area (Å²) >= 11 is 0. The van der Waals surface area contributed by atoms with E-state index in [0.29, 0.717) is 17.9 Å². The molecule has 2 rings (SSSR count). The first kappa shape index (κ1) is 18.4. The molecule has 0 aliphatic rings. The molecule has 1 aromatic heterocycles. The lowest BCUT2D eigenvalue weighted by Crippen LogP contribution is -2.39. The smallest absolute Gasteiger partial charge is 0.341 e. The number of hydrogen-bond acceptors (Lipinski definition) is 6. The Morgan fingerprint density at radius 3 is 2.36 bits per heavy atom. The summed E-state index contributed by atoms with van der Waals surface area (Å²) in [4.78, 5) is 27.0. The number of aliphatic carboxylic acids is 1. The van der Waals surface area contributed by atoms with Crippen molar-refractivity contribution >= 4 is 12.3 Å². The van der Waals surface area contributed by atoms with Gasteiger partial charge in [-0.3, -0.25) is 0 Å². The van der Waals surface area contributed by atoms with Crippen LogP contribution in [0.4, 0.5) is 0 Å². The van der Waals surface area contributed by atoms with E-state index in [1.165, 1.54) is 25.4 Å². The van der Waals surface area contributed by atoms with E-state index < -0.39 is 11.6 Å². The van der Waals surface area contributed by atoms with Crippen LogP contribution in [0.1, 0.15) is 17.5 Å². The number of pyridine rings is 1. The third-order valence-electron chi connectivity index (χ3n) is 3.77. The Kier molecular flexibility index (Phi) is 6.08. The van der Waals surface area contributed by atoms with Gasteiger partial charge in [0.25, 0.3) is 0 Å². The molecule has 132 valence electrons. The average molecular weight is 345 g/mol. The Hall–Kier alpha value is -2.93. The first-order valence-corrected chi connectivity index (χ1v) is 7.50. The van der Waals surface area contributed by atoms with Crippen LogP contribution in [0.25, 0.3) is 0 Å². The number of aromatic nitrogens is 1. The summed E-state index contributed by atoms with van der Waals surface area (Å²) in [6.07, 6.45) is 1.52. The quantitative estimate of drug-likeness (QED) is 0.696. The molecular weight excluding hydrogens is 326 g/mol. The molecule has 0 aliphatic heterocycles. The third kappa shape index (κ3) is 4.13. The van der Waals surface area contributed by atoms with Crippen molar-refractivity contribution < 1.29 is 28.9 Å². The Balaban J connectivity index is 2.29. The van der Waals surface area contributed by atoms with Gasteiger partial charge in [0.1, 0.15) is 12.0 Å². The number of carbonyl (C=O) groups is 2. The molecule has 0 saturated carbocycles. The van der Waals surface area contributed by atoms with Crippen molar-refractivity contribution in [2.45, 2.75) is 18.6 Å². The van der Waals surface area contributed by atoms with Gasteiger partial charge in [-0.1, -0.05) is 12.1 Å². The summed E-state index contributed by atoms with van der Waals surface area (Å²) in [5.74, 6) is -0.245. The minimum atomic E-state index is -1.82. The highest BCUT2D eigenvalue weighted by Crippen LogP contribution is 2.31. The van der Waals surface area contributed by atoms with Crippen molar-refractivity contribution in [3.63, 3.8) is 0 Å². The summed E-state index contributed by atoms with van der Waals surface area (Å²) in [5, 5.41) is 9.73. The van der Waals surface area contributed by atoms with E-state index >= 15 is 0 Å². The van der Waals surface area contributed by atoms with Gasteiger partial charge in [-0.15, -0.1) is 0 Å². The number of carbonyl (C=O) groups excluding carboxylic acids is 1. The lowest BCUT2D eigenvalue weighted by Gasteiger charge is -2.28. The van der Waals surface area contributed by atoms with Crippen molar-refractivity contribution in [2.75, 3.05) is 14.2 Å². The number of methoxy groups -OCH3 is 2. The predicted octanol–water partition coefficient (Wildman–Crippen LogP) is 2.18. The minimum absolute atomic E-state index is 0.0101. The molecule has 1 unspecified atom stereocenters. The molecule has 0 saturated heterocycles. The van der Waals surface area contributed by atoms with Crippen LogP contribution in [0.15, 0.2) is 42.6 Å². The standard InChI is InChI=1S/C18H19NO6/c1-23-15-6-3-13(4-7-15)12-25-18(9-10-20,17(21)22)14-5-8-16(24-2)19-11-14/h3-8,10-11H,9,12H2,1-2H3,(H,21,22). The van der Waals surface area contributed by atoms with E-state index in [2.05, 4.69) is 4.98 Å². The number of ether oxygens (including phenoxy) is 3. The molecule has 0 fully saturated rings. The van der Waals surface area contributed by atoms with Crippen LogP contribution in [0.5, 0.6) is 11.6 Å². The molecule has 0 bridgehead atoms. The monoisotopic (exact) mass is 345 g/mol. The van der Waals surface area contributed by atoms with Crippen LogP contribution in [0, 0.1) is 0 Å². The van der Waals surface area contributed by atoms with Crippen molar-refractivity contribution in [3.05, 3.63) is 53.7 Å². The maximum absolute atomic E-state index is 11.9. The van der Waals surface area contributed by atoms with E-state index in [4.69, 9.17) is 14.2 Å². The van der Waals surface area contributed by atoms with E-state index in [0.717, 1.165) is 5.56 Å². The number of nitrogens with zero attached hydrogens (tertiary/aromatic N) is 1. The summed E-state index contributed by atoms with van der Waals surface area (Å²) in [5.41, 5.74) is -0.804. The highest BCUT2D eigenvalue weighted by atomic mass is 16.5. The molecule has 7 nitrogen and oxygen atoms in total. The zero-order valence-corrected chi connectivity index (χ0v) is 14.0. The molecular formula is C18H19NO6.